The zero-order chi connectivity index (χ0) is 18.9. The van der Waals surface area contributed by atoms with Crippen molar-refractivity contribution in [1.82, 2.24) is 25.6 Å². The van der Waals surface area contributed by atoms with Gasteiger partial charge in [-0.05, 0) is 52.0 Å². The summed E-state index contributed by atoms with van der Waals surface area (Å²) in [5.74, 6) is -0.363. The van der Waals surface area contributed by atoms with Gasteiger partial charge in [-0.1, -0.05) is 15.9 Å². The molecule has 7 nitrogen and oxygen atoms in total. The highest BCUT2D eigenvalue weighted by atomic mass is 79.9. The lowest BCUT2D eigenvalue weighted by molar-refractivity contribution is -0.150. The number of carbonyl (C=O) groups is 1. The van der Waals surface area contributed by atoms with Crippen molar-refractivity contribution < 1.29 is 9.53 Å². The molecule has 1 aromatic heterocycles. The minimum Gasteiger partial charge on any atom is -0.457 e. The van der Waals surface area contributed by atoms with E-state index >= 15 is 0 Å². The third kappa shape index (κ3) is 4.13. The van der Waals surface area contributed by atoms with Gasteiger partial charge in [0, 0.05) is 10.2 Å². The molecule has 3 rings (SSSR count). The standard InChI is InChI=1S/C18H22BrN5O2/c1-11-15(17(25)26-18(2,3)4)16(21-10-20-11)14-9-22-24(23-14)13-7-5-12(19)6-8-13/h5-9,16,20-21H,10H2,1-4H3. The lowest BCUT2D eigenvalue weighted by atomic mass is 10.0. The van der Waals surface area contributed by atoms with Crippen LogP contribution in [-0.2, 0) is 9.53 Å². The van der Waals surface area contributed by atoms with Crippen molar-refractivity contribution in [3.63, 3.8) is 0 Å². The van der Waals surface area contributed by atoms with Crippen LogP contribution in [0.25, 0.3) is 5.69 Å². The van der Waals surface area contributed by atoms with Crippen LogP contribution in [0.5, 0.6) is 0 Å². The number of benzene rings is 1. The van der Waals surface area contributed by atoms with Crippen LogP contribution in [0.2, 0.25) is 0 Å². The molecular weight excluding hydrogens is 398 g/mol. The first-order valence-electron chi connectivity index (χ1n) is 8.34. The number of halogens is 1. The smallest absolute Gasteiger partial charge is 0.338 e. The molecule has 1 unspecified atom stereocenters. The highest BCUT2D eigenvalue weighted by Gasteiger charge is 2.33. The molecule has 1 aliphatic heterocycles. The molecule has 2 heterocycles. The molecule has 8 heteroatoms. The van der Waals surface area contributed by atoms with E-state index in [1.165, 1.54) is 0 Å². The topological polar surface area (TPSA) is 81.1 Å². The minimum absolute atomic E-state index is 0.363. The van der Waals surface area contributed by atoms with E-state index in [0.29, 0.717) is 17.9 Å². The number of hydrogen-bond acceptors (Lipinski definition) is 6. The van der Waals surface area contributed by atoms with Crippen LogP contribution in [0.4, 0.5) is 0 Å². The number of hydrogen-bond donors (Lipinski definition) is 2. The summed E-state index contributed by atoms with van der Waals surface area (Å²) in [6, 6.07) is 7.31. The first kappa shape index (κ1) is 18.6. The zero-order valence-electron chi connectivity index (χ0n) is 15.2. The van der Waals surface area contributed by atoms with Gasteiger partial charge in [-0.15, -0.1) is 0 Å². The number of carbonyl (C=O) groups excluding carboxylic acids is 1. The number of rotatable bonds is 3. The Hall–Kier alpha value is -2.19. The van der Waals surface area contributed by atoms with Gasteiger partial charge in [0.15, 0.2) is 0 Å². The van der Waals surface area contributed by atoms with Crippen LogP contribution in [0.3, 0.4) is 0 Å². The molecule has 0 bridgehead atoms. The van der Waals surface area contributed by atoms with Crippen LogP contribution in [0, 0.1) is 0 Å². The number of ether oxygens (including phenoxy) is 1. The molecule has 0 radical (unpaired) electrons. The highest BCUT2D eigenvalue weighted by Crippen LogP contribution is 2.27. The molecule has 0 saturated carbocycles. The van der Waals surface area contributed by atoms with Crippen molar-refractivity contribution in [2.75, 3.05) is 6.67 Å². The Morgan fingerprint density at radius 2 is 2.00 bits per heavy atom. The Bertz CT molecular complexity index is 836. The second-order valence-corrected chi connectivity index (χ2v) is 7.98. The van der Waals surface area contributed by atoms with Gasteiger partial charge in [0.2, 0.25) is 0 Å². The van der Waals surface area contributed by atoms with Gasteiger partial charge in [0.05, 0.1) is 30.2 Å². The lowest BCUT2D eigenvalue weighted by Crippen LogP contribution is -2.42. The van der Waals surface area contributed by atoms with Crippen LogP contribution < -0.4 is 10.6 Å². The molecule has 0 spiro atoms. The second-order valence-electron chi connectivity index (χ2n) is 7.07. The highest BCUT2D eigenvalue weighted by molar-refractivity contribution is 9.10. The summed E-state index contributed by atoms with van der Waals surface area (Å²) in [7, 11) is 0. The van der Waals surface area contributed by atoms with Crippen LogP contribution >= 0.6 is 15.9 Å². The van der Waals surface area contributed by atoms with E-state index in [9.17, 15) is 4.79 Å². The Morgan fingerprint density at radius 3 is 2.65 bits per heavy atom. The predicted molar refractivity (Wildman–Crippen MR) is 101 cm³/mol. The molecule has 2 aromatic rings. The summed E-state index contributed by atoms with van der Waals surface area (Å²) in [6.45, 7) is 7.95. The van der Waals surface area contributed by atoms with Crippen molar-refractivity contribution >= 4 is 21.9 Å². The van der Waals surface area contributed by atoms with E-state index in [4.69, 9.17) is 4.74 Å². The quantitative estimate of drug-likeness (QED) is 0.744. The molecule has 26 heavy (non-hydrogen) atoms. The van der Waals surface area contributed by atoms with Gasteiger partial charge >= 0.3 is 5.97 Å². The number of esters is 1. The van der Waals surface area contributed by atoms with Crippen LogP contribution in [0.15, 0.2) is 46.2 Å². The molecule has 0 saturated heterocycles. The van der Waals surface area contributed by atoms with Crippen molar-refractivity contribution in [2.24, 2.45) is 0 Å². The molecule has 0 aliphatic carbocycles. The molecule has 2 N–H and O–H groups in total. The second kappa shape index (κ2) is 7.20. The minimum atomic E-state index is -0.568. The summed E-state index contributed by atoms with van der Waals surface area (Å²) in [6.07, 6.45) is 1.67. The third-order valence-electron chi connectivity index (χ3n) is 3.83. The molecule has 1 aliphatic rings. The van der Waals surface area contributed by atoms with Gasteiger partial charge in [0.25, 0.3) is 0 Å². The van der Waals surface area contributed by atoms with E-state index < -0.39 is 5.60 Å². The fourth-order valence-electron chi connectivity index (χ4n) is 2.66. The molecule has 1 aromatic carbocycles. The predicted octanol–water partition coefficient (Wildman–Crippen LogP) is 2.84. The van der Waals surface area contributed by atoms with Crippen molar-refractivity contribution in [3.05, 3.63) is 51.9 Å². The molecule has 138 valence electrons. The summed E-state index contributed by atoms with van der Waals surface area (Å²) in [5, 5.41) is 15.3. The average Bonchev–Trinajstić information content (AvgIpc) is 3.03. The van der Waals surface area contributed by atoms with Gasteiger partial charge in [-0.2, -0.15) is 15.0 Å². The third-order valence-corrected chi connectivity index (χ3v) is 4.36. The fraction of sp³-hybridized carbons (Fsp3) is 0.389. The van der Waals surface area contributed by atoms with Crippen LogP contribution in [-0.4, -0.2) is 33.2 Å². The van der Waals surface area contributed by atoms with E-state index in [-0.39, 0.29) is 12.0 Å². The summed E-state index contributed by atoms with van der Waals surface area (Å²) >= 11 is 3.42. The summed E-state index contributed by atoms with van der Waals surface area (Å²) in [5.41, 5.74) is 2.24. The number of allylic oxidation sites excluding steroid dienone is 1. The van der Waals surface area contributed by atoms with Gasteiger partial charge < -0.3 is 10.1 Å². The average molecular weight is 420 g/mol. The SMILES string of the molecule is CC1=C(C(=O)OC(C)(C)C)C(c2cnn(-c3ccc(Br)cc3)n2)NCN1. The Kier molecular flexibility index (Phi) is 5.15. The molecular formula is C18H22BrN5O2. The molecule has 0 amide bonds. The first-order valence-corrected chi connectivity index (χ1v) is 9.13. The van der Waals surface area contributed by atoms with Crippen molar-refractivity contribution in [1.29, 1.82) is 0 Å². The van der Waals surface area contributed by atoms with E-state index in [2.05, 4.69) is 36.8 Å². The first-order chi connectivity index (χ1) is 12.2. The Labute approximate surface area is 160 Å². The van der Waals surface area contributed by atoms with Crippen molar-refractivity contribution in [3.8, 4) is 5.69 Å². The Morgan fingerprint density at radius 1 is 1.31 bits per heavy atom. The normalized spacial score (nSPS) is 17.8. The summed E-state index contributed by atoms with van der Waals surface area (Å²) in [4.78, 5) is 14.3. The number of nitrogens with zero attached hydrogens (tertiary/aromatic N) is 3. The maximum Gasteiger partial charge on any atom is 0.338 e. The van der Waals surface area contributed by atoms with E-state index in [0.717, 1.165) is 15.9 Å². The van der Waals surface area contributed by atoms with Gasteiger partial charge in [0.1, 0.15) is 11.3 Å². The molecule has 1 atom stereocenters. The van der Waals surface area contributed by atoms with Crippen molar-refractivity contribution in [2.45, 2.75) is 39.3 Å². The Balaban J connectivity index is 1.91. The van der Waals surface area contributed by atoms with Crippen LogP contribution in [0.1, 0.15) is 39.4 Å². The number of aromatic nitrogens is 3. The van der Waals surface area contributed by atoms with E-state index in [1.54, 1.807) is 11.0 Å². The fourth-order valence-corrected chi connectivity index (χ4v) is 2.93. The summed E-state index contributed by atoms with van der Waals surface area (Å²) < 4.78 is 6.55. The largest absolute Gasteiger partial charge is 0.457 e. The maximum absolute atomic E-state index is 12.7. The monoisotopic (exact) mass is 419 g/mol. The lowest BCUT2D eigenvalue weighted by Gasteiger charge is -2.29. The van der Waals surface area contributed by atoms with Gasteiger partial charge in [-0.25, -0.2) is 4.79 Å². The zero-order valence-corrected chi connectivity index (χ0v) is 16.8. The number of nitrogens with one attached hydrogen (secondary N) is 2. The van der Waals surface area contributed by atoms with E-state index in [1.807, 2.05) is 52.0 Å². The molecule has 0 fully saturated rings. The van der Waals surface area contributed by atoms with Gasteiger partial charge in [-0.3, -0.25) is 5.32 Å². The maximum atomic E-state index is 12.7.